The van der Waals surface area contributed by atoms with E-state index in [4.69, 9.17) is 10.8 Å². The van der Waals surface area contributed by atoms with Crippen molar-refractivity contribution in [3.63, 3.8) is 0 Å². The van der Waals surface area contributed by atoms with Gasteiger partial charge in [0.15, 0.2) is 0 Å². The Hall–Kier alpha value is -1.42. The zero-order valence-corrected chi connectivity index (χ0v) is 10.1. The van der Waals surface area contributed by atoms with Gasteiger partial charge in [0, 0.05) is 0 Å². The molecule has 0 amide bonds. The van der Waals surface area contributed by atoms with Gasteiger partial charge in [0.1, 0.15) is 11.4 Å². The number of carboxylic acid groups (broad SMARTS) is 1. The lowest BCUT2D eigenvalue weighted by Crippen LogP contribution is -2.46. The minimum atomic E-state index is -1.26. The minimum absolute atomic E-state index is 0.0120. The van der Waals surface area contributed by atoms with Crippen LogP contribution in [0.25, 0.3) is 0 Å². The van der Waals surface area contributed by atoms with E-state index in [9.17, 15) is 9.18 Å². The number of hydrogen-bond acceptors (Lipinski definition) is 2. The summed E-state index contributed by atoms with van der Waals surface area (Å²) in [4.78, 5) is 10.9. The summed E-state index contributed by atoms with van der Waals surface area (Å²) in [6.45, 7) is 3.35. The van der Waals surface area contributed by atoms with Crippen molar-refractivity contribution < 1.29 is 14.3 Å². The van der Waals surface area contributed by atoms with E-state index >= 15 is 0 Å². The van der Waals surface area contributed by atoms with Gasteiger partial charge in [-0.2, -0.15) is 0 Å². The van der Waals surface area contributed by atoms with Crippen LogP contribution in [-0.4, -0.2) is 16.6 Å². The average molecular weight is 239 g/mol. The standard InChI is InChI=1S/C13H18FNO2/c1-9(8-13(2,15)12(16)17)7-10-5-3-4-6-11(10)14/h3-6,9H,7-8,15H2,1-2H3,(H,16,17). The maximum absolute atomic E-state index is 13.4. The van der Waals surface area contributed by atoms with Crippen LogP contribution in [0, 0.1) is 11.7 Å². The number of benzene rings is 1. The van der Waals surface area contributed by atoms with Crippen LogP contribution in [0.1, 0.15) is 25.8 Å². The molecule has 1 aromatic rings. The number of halogens is 1. The molecule has 0 bridgehead atoms. The molecule has 3 N–H and O–H groups in total. The van der Waals surface area contributed by atoms with E-state index in [0.29, 0.717) is 18.4 Å². The van der Waals surface area contributed by atoms with Crippen LogP contribution in [0.2, 0.25) is 0 Å². The predicted molar refractivity (Wildman–Crippen MR) is 64.1 cm³/mol. The Labute approximate surface area is 100 Å². The zero-order chi connectivity index (χ0) is 13.1. The van der Waals surface area contributed by atoms with Crippen molar-refractivity contribution in [3.05, 3.63) is 35.6 Å². The number of carboxylic acids is 1. The highest BCUT2D eigenvalue weighted by Crippen LogP contribution is 2.20. The molecule has 0 aromatic heterocycles. The number of hydrogen-bond donors (Lipinski definition) is 2. The highest BCUT2D eigenvalue weighted by Gasteiger charge is 2.29. The second-order valence-electron chi connectivity index (χ2n) is 4.83. The maximum atomic E-state index is 13.4. The Morgan fingerprint density at radius 2 is 2.12 bits per heavy atom. The summed E-state index contributed by atoms with van der Waals surface area (Å²) in [7, 11) is 0. The van der Waals surface area contributed by atoms with Crippen molar-refractivity contribution in [2.75, 3.05) is 0 Å². The van der Waals surface area contributed by atoms with E-state index in [2.05, 4.69) is 0 Å². The molecular formula is C13H18FNO2. The summed E-state index contributed by atoms with van der Waals surface area (Å²) in [5, 5.41) is 8.91. The first kappa shape index (κ1) is 13.6. The SMILES string of the molecule is CC(Cc1ccccc1F)CC(C)(N)C(=O)O. The molecule has 3 nitrogen and oxygen atoms in total. The van der Waals surface area contributed by atoms with E-state index in [-0.39, 0.29) is 11.7 Å². The molecule has 94 valence electrons. The number of aliphatic carboxylic acids is 1. The van der Waals surface area contributed by atoms with E-state index in [0.717, 1.165) is 0 Å². The molecule has 0 aliphatic rings. The Morgan fingerprint density at radius 3 is 2.65 bits per heavy atom. The van der Waals surface area contributed by atoms with Crippen LogP contribution < -0.4 is 5.73 Å². The van der Waals surface area contributed by atoms with Crippen molar-refractivity contribution in [2.45, 2.75) is 32.2 Å². The van der Waals surface area contributed by atoms with Gasteiger partial charge in [0.25, 0.3) is 0 Å². The first-order chi connectivity index (χ1) is 7.83. The average Bonchev–Trinajstić information content (AvgIpc) is 2.20. The molecular weight excluding hydrogens is 221 g/mol. The summed E-state index contributed by atoms with van der Waals surface area (Å²) in [5.41, 5.74) is 5.00. The third kappa shape index (κ3) is 3.82. The van der Waals surface area contributed by atoms with Gasteiger partial charge in [-0.25, -0.2) is 4.39 Å². The molecule has 1 rings (SSSR count). The third-order valence-corrected chi connectivity index (χ3v) is 2.79. The largest absolute Gasteiger partial charge is 0.480 e. The second kappa shape index (κ2) is 5.27. The van der Waals surface area contributed by atoms with E-state index < -0.39 is 11.5 Å². The quantitative estimate of drug-likeness (QED) is 0.828. The van der Waals surface area contributed by atoms with Gasteiger partial charge in [0.05, 0.1) is 0 Å². The molecule has 2 unspecified atom stereocenters. The summed E-state index contributed by atoms with van der Waals surface area (Å²) >= 11 is 0. The summed E-state index contributed by atoms with van der Waals surface area (Å²) in [6, 6.07) is 6.51. The Bertz CT molecular complexity index is 404. The second-order valence-corrected chi connectivity index (χ2v) is 4.83. The first-order valence-electron chi connectivity index (χ1n) is 5.58. The fraction of sp³-hybridized carbons (Fsp3) is 0.462. The zero-order valence-electron chi connectivity index (χ0n) is 10.1. The van der Waals surface area contributed by atoms with Gasteiger partial charge in [-0.1, -0.05) is 25.1 Å². The van der Waals surface area contributed by atoms with Gasteiger partial charge in [-0.05, 0) is 37.3 Å². The van der Waals surface area contributed by atoms with Crippen LogP contribution in [0.5, 0.6) is 0 Å². The van der Waals surface area contributed by atoms with Crippen molar-refractivity contribution in [2.24, 2.45) is 11.7 Å². The van der Waals surface area contributed by atoms with E-state index in [1.165, 1.54) is 13.0 Å². The van der Waals surface area contributed by atoms with Gasteiger partial charge in [-0.3, -0.25) is 4.79 Å². The molecule has 0 saturated carbocycles. The Balaban J connectivity index is 2.65. The smallest absolute Gasteiger partial charge is 0.323 e. The number of rotatable bonds is 5. The lowest BCUT2D eigenvalue weighted by atomic mass is 9.87. The van der Waals surface area contributed by atoms with Crippen molar-refractivity contribution in [3.8, 4) is 0 Å². The minimum Gasteiger partial charge on any atom is -0.480 e. The fourth-order valence-corrected chi connectivity index (χ4v) is 1.92. The highest BCUT2D eigenvalue weighted by atomic mass is 19.1. The summed E-state index contributed by atoms with van der Waals surface area (Å²) in [6.07, 6.45) is 0.809. The maximum Gasteiger partial charge on any atom is 0.323 e. The first-order valence-corrected chi connectivity index (χ1v) is 5.58. The van der Waals surface area contributed by atoms with Gasteiger partial charge in [0.2, 0.25) is 0 Å². The fourth-order valence-electron chi connectivity index (χ4n) is 1.92. The summed E-state index contributed by atoms with van der Waals surface area (Å²) in [5.74, 6) is -1.27. The van der Waals surface area contributed by atoms with Crippen LogP contribution in [-0.2, 0) is 11.2 Å². The molecule has 17 heavy (non-hydrogen) atoms. The molecule has 0 radical (unpaired) electrons. The van der Waals surface area contributed by atoms with Gasteiger partial charge < -0.3 is 10.8 Å². The molecule has 1 aromatic carbocycles. The molecule has 0 fully saturated rings. The van der Waals surface area contributed by atoms with Gasteiger partial charge >= 0.3 is 5.97 Å². The monoisotopic (exact) mass is 239 g/mol. The van der Waals surface area contributed by atoms with E-state index in [1.807, 2.05) is 6.92 Å². The molecule has 0 aliphatic heterocycles. The summed E-state index contributed by atoms with van der Waals surface area (Å²) < 4.78 is 13.4. The lowest BCUT2D eigenvalue weighted by Gasteiger charge is -2.23. The van der Waals surface area contributed by atoms with Gasteiger partial charge in [-0.15, -0.1) is 0 Å². The predicted octanol–water partition coefficient (Wildman–Crippen LogP) is 2.20. The Kier molecular flexibility index (Phi) is 4.23. The molecule has 0 heterocycles. The normalized spacial score (nSPS) is 16.2. The molecule has 0 aliphatic carbocycles. The molecule has 0 spiro atoms. The highest BCUT2D eigenvalue weighted by molar-refractivity contribution is 5.77. The number of nitrogens with two attached hydrogens (primary N) is 1. The topological polar surface area (TPSA) is 63.3 Å². The van der Waals surface area contributed by atoms with Crippen LogP contribution in [0.15, 0.2) is 24.3 Å². The van der Waals surface area contributed by atoms with E-state index in [1.54, 1.807) is 18.2 Å². The van der Waals surface area contributed by atoms with Crippen LogP contribution in [0.4, 0.5) is 4.39 Å². The molecule has 2 atom stereocenters. The lowest BCUT2D eigenvalue weighted by molar-refractivity contribution is -0.143. The van der Waals surface area contributed by atoms with Crippen LogP contribution in [0.3, 0.4) is 0 Å². The van der Waals surface area contributed by atoms with Crippen LogP contribution >= 0.6 is 0 Å². The van der Waals surface area contributed by atoms with Crippen molar-refractivity contribution in [1.82, 2.24) is 0 Å². The number of carbonyl (C=O) groups is 1. The Morgan fingerprint density at radius 1 is 1.53 bits per heavy atom. The van der Waals surface area contributed by atoms with Crippen molar-refractivity contribution in [1.29, 1.82) is 0 Å². The molecule has 4 heteroatoms. The molecule has 0 saturated heterocycles. The third-order valence-electron chi connectivity index (χ3n) is 2.79. The van der Waals surface area contributed by atoms with Crippen molar-refractivity contribution >= 4 is 5.97 Å².